The second kappa shape index (κ2) is 3.51. The van der Waals surface area contributed by atoms with Crippen LogP contribution in [0.25, 0.3) is 0 Å². The van der Waals surface area contributed by atoms with Crippen LogP contribution in [0.3, 0.4) is 0 Å². The molecule has 1 rings (SSSR count). The van der Waals surface area contributed by atoms with Crippen LogP contribution in [0.5, 0.6) is 0 Å². The van der Waals surface area contributed by atoms with Gasteiger partial charge in [0.25, 0.3) is 0 Å². The zero-order valence-electron chi connectivity index (χ0n) is 8.09. The average Bonchev–Trinajstić information content (AvgIpc) is 2.30. The molecule has 1 unspecified atom stereocenters. The first-order chi connectivity index (χ1) is 5.98. The molecule has 0 aromatic heterocycles. The van der Waals surface area contributed by atoms with Gasteiger partial charge < -0.3 is 0 Å². The first-order valence-corrected chi connectivity index (χ1v) is 5.65. The first-order valence-electron chi connectivity index (χ1n) is 4.13. The summed E-state index contributed by atoms with van der Waals surface area (Å²) in [5, 5.41) is 10.5. The summed E-state index contributed by atoms with van der Waals surface area (Å²) in [6.45, 7) is 6.80. The number of hydrogen-bond donors (Lipinski definition) is 0. The van der Waals surface area contributed by atoms with Gasteiger partial charge in [0.05, 0.1) is 16.3 Å². The minimum absolute atomic E-state index is 0.0733. The number of halogens is 1. The van der Waals surface area contributed by atoms with E-state index in [1.807, 2.05) is 6.92 Å². The van der Waals surface area contributed by atoms with Crippen molar-refractivity contribution in [2.45, 2.75) is 20.8 Å². The van der Waals surface area contributed by atoms with Crippen LogP contribution in [0.4, 0.5) is 0 Å². The Morgan fingerprint density at radius 1 is 1.62 bits per heavy atom. The van der Waals surface area contributed by atoms with E-state index < -0.39 is 5.41 Å². The quantitative estimate of drug-likeness (QED) is 0.632. The van der Waals surface area contributed by atoms with Crippen LogP contribution >= 0.6 is 23.4 Å². The number of nitriles is 1. The van der Waals surface area contributed by atoms with Crippen molar-refractivity contribution >= 4 is 28.4 Å². The summed E-state index contributed by atoms with van der Waals surface area (Å²) in [5.74, 6) is 0. The second-order valence-electron chi connectivity index (χ2n) is 4.00. The molecule has 4 heteroatoms. The first kappa shape index (κ1) is 10.9. The number of rotatable bonds is 1. The molecule has 72 valence electrons. The number of aliphatic imine (C=N–C) groups is 1. The van der Waals surface area contributed by atoms with Gasteiger partial charge in [-0.05, 0) is 6.92 Å². The molecular formula is C9H13ClN2S. The molecule has 0 aromatic carbocycles. The van der Waals surface area contributed by atoms with Gasteiger partial charge >= 0.3 is 0 Å². The highest BCUT2D eigenvalue weighted by molar-refractivity contribution is 8.14. The molecule has 0 N–H and O–H groups in total. The number of hydrogen-bond acceptors (Lipinski definition) is 3. The fourth-order valence-corrected chi connectivity index (χ4v) is 2.50. The molecule has 0 aliphatic carbocycles. The van der Waals surface area contributed by atoms with E-state index in [9.17, 15) is 5.26 Å². The number of thioether (sulfide) groups is 1. The Kier molecular flexibility index (Phi) is 2.94. The highest BCUT2D eigenvalue weighted by atomic mass is 35.5. The van der Waals surface area contributed by atoms with E-state index in [0.717, 1.165) is 11.6 Å². The van der Waals surface area contributed by atoms with Crippen LogP contribution < -0.4 is 0 Å². The molecule has 1 heterocycles. The number of nitrogens with zero attached hydrogens (tertiary/aromatic N) is 2. The molecule has 0 bridgehead atoms. The minimum Gasteiger partial charge on any atom is -0.281 e. The molecule has 1 aliphatic rings. The van der Waals surface area contributed by atoms with Crippen molar-refractivity contribution in [3.05, 3.63) is 0 Å². The zero-order valence-corrected chi connectivity index (χ0v) is 9.67. The van der Waals surface area contributed by atoms with Crippen molar-refractivity contribution in [3.63, 3.8) is 0 Å². The predicted molar refractivity (Wildman–Crippen MR) is 58.1 cm³/mol. The Hall–Kier alpha value is -0.200. The van der Waals surface area contributed by atoms with E-state index >= 15 is 0 Å². The maximum Gasteiger partial charge on any atom is 0.109 e. The summed E-state index contributed by atoms with van der Waals surface area (Å²) in [4.78, 5) is 4.37. The Balaban J connectivity index is 2.97. The molecule has 2 nitrogen and oxygen atoms in total. The number of alkyl halides is 1. The van der Waals surface area contributed by atoms with Crippen LogP contribution in [0, 0.1) is 22.2 Å². The summed E-state index contributed by atoms with van der Waals surface area (Å²) in [5.41, 5.74) is -0.539. The summed E-state index contributed by atoms with van der Waals surface area (Å²) in [7, 11) is 0. The summed E-state index contributed by atoms with van der Waals surface area (Å²) in [6, 6.07) is 2.36. The van der Waals surface area contributed by atoms with Crippen LogP contribution in [0.15, 0.2) is 4.99 Å². The van der Waals surface area contributed by atoms with Crippen molar-refractivity contribution in [3.8, 4) is 6.07 Å². The van der Waals surface area contributed by atoms with Gasteiger partial charge in [0.15, 0.2) is 0 Å². The lowest BCUT2D eigenvalue weighted by atomic mass is 9.70. The monoisotopic (exact) mass is 216 g/mol. The molecule has 1 atom stereocenters. The average molecular weight is 217 g/mol. The van der Waals surface area contributed by atoms with Crippen LogP contribution in [0.1, 0.15) is 20.8 Å². The Bertz CT molecular complexity index is 280. The van der Waals surface area contributed by atoms with Crippen LogP contribution in [0.2, 0.25) is 0 Å². The van der Waals surface area contributed by atoms with Crippen LogP contribution in [-0.4, -0.2) is 16.8 Å². The van der Waals surface area contributed by atoms with Gasteiger partial charge in [0.1, 0.15) is 5.41 Å². The second-order valence-corrected chi connectivity index (χ2v) is 5.54. The van der Waals surface area contributed by atoms with Gasteiger partial charge in [-0.15, -0.1) is 11.6 Å². The summed E-state index contributed by atoms with van der Waals surface area (Å²) < 4.78 is 0. The third-order valence-electron chi connectivity index (χ3n) is 2.81. The molecular weight excluding hydrogens is 204 g/mol. The zero-order chi connectivity index (χ0) is 10.1. The predicted octanol–water partition coefficient (Wildman–Crippen LogP) is 2.88. The smallest absolute Gasteiger partial charge is 0.109 e. The van der Waals surface area contributed by atoms with Crippen molar-refractivity contribution in [2.24, 2.45) is 15.8 Å². The third kappa shape index (κ3) is 1.58. The molecule has 0 saturated heterocycles. The molecule has 0 radical (unpaired) electrons. The molecule has 0 spiro atoms. The van der Waals surface area contributed by atoms with Crippen molar-refractivity contribution in [1.82, 2.24) is 0 Å². The topological polar surface area (TPSA) is 36.1 Å². The van der Waals surface area contributed by atoms with Gasteiger partial charge in [-0.25, -0.2) is 0 Å². The third-order valence-corrected chi connectivity index (χ3v) is 4.06. The standard InChI is InChI=1S/C9H13ClN2S/c1-8(2)5-12-7(13-6-10)9(8,3)4-11/h5-6H2,1-3H3. The van der Waals surface area contributed by atoms with Gasteiger partial charge in [-0.1, -0.05) is 25.6 Å². The maximum atomic E-state index is 9.17. The summed E-state index contributed by atoms with van der Waals surface area (Å²) >= 11 is 7.10. The van der Waals surface area contributed by atoms with Crippen molar-refractivity contribution in [1.29, 1.82) is 5.26 Å². The van der Waals surface area contributed by atoms with E-state index in [0.29, 0.717) is 5.21 Å². The lowest BCUT2D eigenvalue weighted by molar-refractivity contribution is 0.266. The van der Waals surface area contributed by atoms with E-state index in [-0.39, 0.29) is 5.41 Å². The Morgan fingerprint density at radius 2 is 2.23 bits per heavy atom. The van der Waals surface area contributed by atoms with Crippen LogP contribution in [-0.2, 0) is 0 Å². The van der Waals surface area contributed by atoms with E-state index in [1.165, 1.54) is 11.8 Å². The Labute approximate surface area is 88.4 Å². The van der Waals surface area contributed by atoms with Crippen molar-refractivity contribution in [2.75, 3.05) is 11.8 Å². The largest absolute Gasteiger partial charge is 0.281 e. The van der Waals surface area contributed by atoms with E-state index in [1.54, 1.807) is 0 Å². The van der Waals surface area contributed by atoms with E-state index in [2.05, 4.69) is 24.9 Å². The molecule has 0 amide bonds. The Morgan fingerprint density at radius 3 is 2.69 bits per heavy atom. The lowest BCUT2D eigenvalue weighted by Gasteiger charge is -2.31. The van der Waals surface area contributed by atoms with Gasteiger partial charge in [0.2, 0.25) is 0 Å². The van der Waals surface area contributed by atoms with Gasteiger partial charge in [0, 0.05) is 12.0 Å². The molecule has 13 heavy (non-hydrogen) atoms. The van der Waals surface area contributed by atoms with Gasteiger partial charge in [-0.3, -0.25) is 4.99 Å². The molecule has 0 fully saturated rings. The fraction of sp³-hybridized carbons (Fsp3) is 0.778. The normalized spacial score (nSPS) is 31.2. The highest BCUT2D eigenvalue weighted by Gasteiger charge is 2.49. The van der Waals surface area contributed by atoms with E-state index in [4.69, 9.17) is 11.6 Å². The SMILES string of the molecule is CC1(C)CN=C(SCCl)C1(C)C#N. The van der Waals surface area contributed by atoms with Crippen molar-refractivity contribution < 1.29 is 0 Å². The molecule has 0 aromatic rings. The lowest BCUT2D eigenvalue weighted by Crippen LogP contribution is -2.36. The maximum absolute atomic E-state index is 9.17. The minimum atomic E-state index is -0.466. The molecule has 0 saturated carbocycles. The molecule has 1 aliphatic heterocycles. The summed E-state index contributed by atoms with van der Waals surface area (Å²) in [6.07, 6.45) is 0. The van der Waals surface area contributed by atoms with Gasteiger partial charge in [-0.2, -0.15) is 5.26 Å². The highest BCUT2D eigenvalue weighted by Crippen LogP contribution is 2.47. The fourth-order valence-electron chi connectivity index (χ4n) is 1.32.